The summed E-state index contributed by atoms with van der Waals surface area (Å²) in [6.45, 7) is 4.63. The van der Waals surface area contributed by atoms with Crippen molar-refractivity contribution in [2.45, 2.75) is 38.3 Å². The molecule has 3 aromatic rings. The van der Waals surface area contributed by atoms with E-state index in [1.807, 2.05) is 13.8 Å². The summed E-state index contributed by atoms with van der Waals surface area (Å²) in [7, 11) is -2.74. The molecule has 0 aromatic heterocycles. The summed E-state index contributed by atoms with van der Waals surface area (Å²) in [6.07, 6.45) is 0. The van der Waals surface area contributed by atoms with Gasteiger partial charge in [0.25, 0.3) is 10.0 Å². The normalized spacial score (nSPS) is 12.1. The van der Waals surface area contributed by atoms with Crippen molar-refractivity contribution in [2.24, 2.45) is 0 Å². The van der Waals surface area contributed by atoms with Crippen LogP contribution in [-0.2, 0) is 26.2 Å². The fourth-order valence-electron chi connectivity index (χ4n) is 3.79. The SMILES string of the molecule is CNC(=O)[C@@H](C)N(Cc1c(Cl)cccc1Cl)C(=O)CN(c1ccc(C)c(C)c1)S(=O)(=O)c1ccc(Cl)cc1. The second kappa shape index (κ2) is 12.4. The van der Waals surface area contributed by atoms with Gasteiger partial charge in [-0.25, -0.2) is 8.42 Å². The molecule has 3 rings (SSSR count). The number of carbonyl (C=O) groups excluding carboxylic acids is 2. The number of amides is 2. The first-order valence-electron chi connectivity index (χ1n) is 11.7. The van der Waals surface area contributed by atoms with Crippen LogP contribution >= 0.6 is 34.8 Å². The van der Waals surface area contributed by atoms with E-state index in [1.54, 1.807) is 43.3 Å². The quantitative estimate of drug-likeness (QED) is 0.347. The summed E-state index contributed by atoms with van der Waals surface area (Å²) in [5.74, 6) is -1.05. The molecule has 0 heterocycles. The Morgan fingerprint density at radius 2 is 1.53 bits per heavy atom. The van der Waals surface area contributed by atoms with Gasteiger partial charge in [0.15, 0.2) is 0 Å². The zero-order valence-electron chi connectivity index (χ0n) is 21.3. The second-order valence-corrected chi connectivity index (χ2v) is 11.9. The highest BCUT2D eigenvalue weighted by atomic mass is 35.5. The molecule has 0 bridgehead atoms. The minimum Gasteiger partial charge on any atom is -0.357 e. The van der Waals surface area contributed by atoms with E-state index >= 15 is 0 Å². The van der Waals surface area contributed by atoms with E-state index < -0.39 is 34.4 Å². The first-order valence-corrected chi connectivity index (χ1v) is 14.2. The van der Waals surface area contributed by atoms with E-state index in [0.717, 1.165) is 15.4 Å². The molecule has 0 unspecified atom stereocenters. The summed E-state index contributed by atoms with van der Waals surface area (Å²) >= 11 is 18.7. The van der Waals surface area contributed by atoms with Crippen molar-refractivity contribution >= 4 is 62.3 Å². The number of carbonyl (C=O) groups is 2. The van der Waals surface area contributed by atoms with Crippen molar-refractivity contribution < 1.29 is 18.0 Å². The number of rotatable bonds is 9. The number of anilines is 1. The fourth-order valence-corrected chi connectivity index (χ4v) is 5.84. The number of sulfonamides is 1. The molecule has 3 aromatic carbocycles. The number of nitrogens with one attached hydrogen (secondary N) is 1. The van der Waals surface area contributed by atoms with Crippen LogP contribution in [0.15, 0.2) is 65.6 Å². The van der Waals surface area contributed by atoms with Crippen molar-refractivity contribution in [3.8, 4) is 0 Å². The van der Waals surface area contributed by atoms with Crippen molar-refractivity contribution in [1.82, 2.24) is 10.2 Å². The molecular formula is C27H28Cl3N3O4S. The average Bonchev–Trinajstić information content (AvgIpc) is 2.88. The van der Waals surface area contributed by atoms with Crippen LogP contribution in [0.2, 0.25) is 15.1 Å². The molecular weight excluding hydrogens is 569 g/mol. The van der Waals surface area contributed by atoms with Gasteiger partial charge in [-0.05, 0) is 80.4 Å². The van der Waals surface area contributed by atoms with E-state index in [0.29, 0.717) is 26.3 Å². The van der Waals surface area contributed by atoms with Gasteiger partial charge in [0.1, 0.15) is 12.6 Å². The van der Waals surface area contributed by atoms with Crippen LogP contribution in [0.3, 0.4) is 0 Å². The highest BCUT2D eigenvalue weighted by Gasteiger charge is 2.33. The lowest BCUT2D eigenvalue weighted by atomic mass is 10.1. The molecule has 7 nitrogen and oxygen atoms in total. The third-order valence-corrected chi connectivity index (χ3v) is 9.01. The Bertz CT molecular complexity index is 1430. The molecule has 202 valence electrons. The molecule has 11 heteroatoms. The van der Waals surface area contributed by atoms with Crippen molar-refractivity contribution in [1.29, 1.82) is 0 Å². The van der Waals surface area contributed by atoms with Gasteiger partial charge < -0.3 is 10.2 Å². The smallest absolute Gasteiger partial charge is 0.264 e. The number of benzene rings is 3. The monoisotopic (exact) mass is 595 g/mol. The Kier molecular flexibility index (Phi) is 9.70. The van der Waals surface area contributed by atoms with Crippen LogP contribution in [0.5, 0.6) is 0 Å². The zero-order chi connectivity index (χ0) is 28.2. The van der Waals surface area contributed by atoms with Crippen LogP contribution in [0.25, 0.3) is 0 Å². The molecule has 1 N–H and O–H groups in total. The van der Waals surface area contributed by atoms with Crippen molar-refractivity contribution in [3.63, 3.8) is 0 Å². The number of nitrogens with zero attached hydrogens (tertiary/aromatic N) is 2. The van der Waals surface area contributed by atoms with E-state index in [-0.39, 0.29) is 11.4 Å². The molecule has 0 radical (unpaired) electrons. The molecule has 0 spiro atoms. The van der Waals surface area contributed by atoms with Gasteiger partial charge in [-0.15, -0.1) is 0 Å². The minimum atomic E-state index is -4.20. The Morgan fingerprint density at radius 1 is 0.921 bits per heavy atom. The Balaban J connectivity index is 2.09. The summed E-state index contributed by atoms with van der Waals surface area (Å²) in [4.78, 5) is 27.6. The number of likely N-dealkylation sites (N-methyl/N-ethyl adjacent to an activating group) is 1. The summed E-state index contributed by atoms with van der Waals surface area (Å²) in [5, 5.41) is 3.54. The second-order valence-electron chi connectivity index (χ2n) is 8.75. The summed E-state index contributed by atoms with van der Waals surface area (Å²) in [6, 6.07) is 14.8. The Hall–Kier alpha value is -2.78. The van der Waals surface area contributed by atoms with E-state index in [1.165, 1.54) is 36.2 Å². The number of halogens is 3. The highest BCUT2D eigenvalue weighted by Crippen LogP contribution is 2.29. The van der Waals surface area contributed by atoms with Gasteiger partial charge in [0, 0.05) is 34.2 Å². The first kappa shape index (κ1) is 29.8. The highest BCUT2D eigenvalue weighted by molar-refractivity contribution is 7.92. The van der Waals surface area contributed by atoms with Crippen molar-refractivity contribution in [2.75, 3.05) is 17.9 Å². The number of aryl methyl sites for hydroxylation is 2. The molecule has 0 fully saturated rings. The van der Waals surface area contributed by atoms with E-state index in [9.17, 15) is 18.0 Å². The van der Waals surface area contributed by atoms with Crippen LogP contribution in [0.1, 0.15) is 23.6 Å². The molecule has 0 aliphatic heterocycles. The van der Waals surface area contributed by atoms with Crippen LogP contribution in [0.4, 0.5) is 5.69 Å². The van der Waals surface area contributed by atoms with Crippen LogP contribution in [-0.4, -0.2) is 44.8 Å². The van der Waals surface area contributed by atoms with Gasteiger partial charge in [-0.1, -0.05) is 46.9 Å². The molecule has 0 aliphatic carbocycles. The third kappa shape index (κ3) is 6.61. The van der Waals surface area contributed by atoms with Gasteiger partial charge >= 0.3 is 0 Å². The average molecular weight is 597 g/mol. The molecule has 0 saturated heterocycles. The summed E-state index contributed by atoms with van der Waals surface area (Å²) < 4.78 is 28.7. The predicted octanol–water partition coefficient (Wildman–Crippen LogP) is 5.62. The lowest BCUT2D eigenvalue weighted by Gasteiger charge is -2.32. The summed E-state index contributed by atoms with van der Waals surface area (Å²) in [5.41, 5.74) is 2.56. The minimum absolute atomic E-state index is 0.0343. The maximum absolute atomic E-state index is 13.8. The van der Waals surface area contributed by atoms with Crippen LogP contribution < -0.4 is 9.62 Å². The Labute approximate surface area is 238 Å². The maximum Gasteiger partial charge on any atom is 0.264 e. The van der Waals surface area contributed by atoms with E-state index in [4.69, 9.17) is 34.8 Å². The van der Waals surface area contributed by atoms with Gasteiger partial charge in [-0.3, -0.25) is 13.9 Å². The first-order chi connectivity index (χ1) is 17.9. The predicted molar refractivity (Wildman–Crippen MR) is 152 cm³/mol. The van der Waals surface area contributed by atoms with E-state index in [2.05, 4.69) is 5.32 Å². The molecule has 38 heavy (non-hydrogen) atoms. The molecule has 0 aliphatic rings. The van der Waals surface area contributed by atoms with Crippen LogP contribution in [0, 0.1) is 13.8 Å². The third-order valence-electron chi connectivity index (χ3n) is 6.26. The molecule has 2 amide bonds. The topological polar surface area (TPSA) is 86.8 Å². The zero-order valence-corrected chi connectivity index (χ0v) is 24.4. The van der Waals surface area contributed by atoms with Gasteiger partial charge in [0.05, 0.1) is 10.6 Å². The largest absolute Gasteiger partial charge is 0.357 e. The Morgan fingerprint density at radius 3 is 2.08 bits per heavy atom. The standard InChI is InChI=1S/C27H28Cl3N3O4S/c1-17-8-11-21(14-18(17)2)33(38(36,37)22-12-9-20(28)10-13-22)16-26(34)32(19(3)27(35)31-4)15-23-24(29)6-5-7-25(23)30/h5-14,19H,15-16H2,1-4H3,(H,31,35)/t19-/m1/s1. The fraction of sp³-hybridized carbons (Fsp3) is 0.259. The molecule has 0 saturated carbocycles. The maximum atomic E-state index is 13.8. The molecule has 1 atom stereocenters. The lowest BCUT2D eigenvalue weighted by Crippen LogP contribution is -2.50. The van der Waals surface area contributed by atoms with Gasteiger partial charge in [0.2, 0.25) is 11.8 Å². The number of hydrogen-bond acceptors (Lipinski definition) is 4. The van der Waals surface area contributed by atoms with Crippen molar-refractivity contribution in [3.05, 3.63) is 92.4 Å². The van der Waals surface area contributed by atoms with Gasteiger partial charge in [-0.2, -0.15) is 0 Å². The number of hydrogen-bond donors (Lipinski definition) is 1. The lowest BCUT2D eigenvalue weighted by molar-refractivity contribution is -0.139.